The SMILES string of the molecule is CC(OC(C)(C)C)C(COC(C)(C)C)NC(C)(C)C. The maximum Gasteiger partial charge on any atom is 0.0729 e. The molecule has 3 heteroatoms. The lowest BCUT2D eigenvalue weighted by molar-refractivity contribution is -0.0962. The molecular weight excluding hydrogens is 238 g/mol. The van der Waals surface area contributed by atoms with E-state index in [0.29, 0.717) is 6.61 Å². The molecule has 0 heterocycles. The molecular formula is C16H35NO2. The van der Waals surface area contributed by atoms with Crippen LogP contribution in [0.5, 0.6) is 0 Å². The fraction of sp³-hybridized carbons (Fsp3) is 1.00. The summed E-state index contributed by atoms with van der Waals surface area (Å²) in [6.07, 6.45) is 0.0987. The maximum atomic E-state index is 6.07. The van der Waals surface area contributed by atoms with Gasteiger partial charge in [0, 0.05) is 5.54 Å². The minimum atomic E-state index is -0.140. The molecule has 0 aromatic rings. The fourth-order valence-corrected chi connectivity index (χ4v) is 1.83. The number of nitrogens with one attached hydrogen (secondary N) is 1. The minimum absolute atomic E-state index is 0.0431. The minimum Gasteiger partial charge on any atom is -0.374 e. The lowest BCUT2D eigenvalue weighted by atomic mass is 10.0. The van der Waals surface area contributed by atoms with Gasteiger partial charge >= 0.3 is 0 Å². The van der Waals surface area contributed by atoms with Gasteiger partial charge in [0.1, 0.15) is 0 Å². The average Bonchev–Trinajstić information content (AvgIpc) is 2.05. The van der Waals surface area contributed by atoms with Crippen molar-refractivity contribution in [3.63, 3.8) is 0 Å². The monoisotopic (exact) mass is 273 g/mol. The van der Waals surface area contributed by atoms with Crippen LogP contribution in [0.4, 0.5) is 0 Å². The smallest absolute Gasteiger partial charge is 0.0729 e. The van der Waals surface area contributed by atoms with E-state index in [4.69, 9.17) is 9.47 Å². The van der Waals surface area contributed by atoms with Gasteiger partial charge in [-0.2, -0.15) is 0 Å². The van der Waals surface area contributed by atoms with Gasteiger partial charge in [-0.3, -0.25) is 0 Å². The van der Waals surface area contributed by atoms with Gasteiger partial charge in [-0.15, -0.1) is 0 Å². The number of ether oxygens (including phenoxy) is 2. The predicted molar refractivity (Wildman–Crippen MR) is 82.7 cm³/mol. The summed E-state index contributed by atoms with van der Waals surface area (Å²) >= 11 is 0. The lowest BCUT2D eigenvalue weighted by Gasteiger charge is -2.37. The Kier molecular flexibility index (Phi) is 6.51. The summed E-state index contributed by atoms with van der Waals surface area (Å²) < 4.78 is 12.0. The van der Waals surface area contributed by atoms with Crippen LogP contribution in [0.25, 0.3) is 0 Å². The molecule has 2 unspecified atom stereocenters. The van der Waals surface area contributed by atoms with Gasteiger partial charge in [0.25, 0.3) is 0 Å². The highest BCUT2D eigenvalue weighted by atomic mass is 16.5. The second-order valence-corrected chi connectivity index (χ2v) is 8.36. The molecule has 116 valence electrons. The van der Waals surface area contributed by atoms with Crippen molar-refractivity contribution < 1.29 is 9.47 Å². The molecule has 3 nitrogen and oxygen atoms in total. The molecule has 0 rings (SSSR count). The summed E-state index contributed by atoms with van der Waals surface area (Å²) in [5.41, 5.74) is -0.223. The average molecular weight is 273 g/mol. The first-order chi connectivity index (χ1) is 8.20. The van der Waals surface area contributed by atoms with E-state index >= 15 is 0 Å². The van der Waals surface area contributed by atoms with Crippen molar-refractivity contribution in [2.75, 3.05) is 6.61 Å². The van der Waals surface area contributed by atoms with E-state index in [9.17, 15) is 0 Å². The first kappa shape index (κ1) is 18.9. The Labute approximate surface area is 120 Å². The second kappa shape index (κ2) is 6.55. The highest BCUT2D eigenvalue weighted by Gasteiger charge is 2.28. The Morgan fingerprint density at radius 3 is 1.63 bits per heavy atom. The van der Waals surface area contributed by atoms with E-state index in [-0.39, 0.29) is 28.9 Å². The predicted octanol–water partition coefficient (Wildman–Crippen LogP) is 3.76. The molecule has 0 fully saturated rings. The summed E-state index contributed by atoms with van der Waals surface area (Å²) in [5.74, 6) is 0. The normalized spacial score (nSPS) is 17.4. The number of hydrogen-bond donors (Lipinski definition) is 1. The van der Waals surface area contributed by atoms with Crippen molar-refractivity contribution in [2.24, 2.45) is 0 Å². The standard InChI is InChI=1S/C16H35NO2/c1-12(19-16(8,9)10)13(17-14(2,3)4)11-18-15(5,6)7/h12-13,17H,11H2,1-10H3. The van der Waals surface area contributed by atoms with Crippen molar-refractivity contribution in [1.29, 1.82) is 0 Å². The Morgan fingerprint density at radius 1 is 0.842 bits per heavy atom. The molecule has 0 radical (unpaired) electrons. The molecule has 0 aromatic carbocycles. The van der Waals surface area contributed by atoms with E-state index in [1.54, 1.807) is 0 Å². The van der Waals surface area contributed by atoms with Crippen LogP contribution in [0.2, 0.25) is 0 Å². The zero-order valence-electron chi connectivity index (χ0n) is 14.7. The summed E-state index contributed by atoms with van der Waals surface area (Å²) in [6.45, 7) is 21.8. The van der Waals surface area contributed by atoms with E-state index in [1.807, 2.05) is 0 Å². The Bertz CT molecular complexity index is 255. The first-order valence-corrected chi connectivity index (χ1v) is 7.29. The zero-order valence-corrected chi connectivity index (χ0v) is 14.7. The topological polar surface area (TPSA) is 30.5 Å². The van der Waals surface area contributed by atoms with Crippen LogP contribution < -0.4 is 5.32 Å². The molecule has 0 aliphatic rings. The van der Waals surface area contributed by atoms with E-state index in [0.717, 1.165) is 0 Å². The van der Waals surface area contributed by atoms with Crippen LogP contribution in [0, 0.1) is 0 Å². The zero-order chi connectivity index (χ0) is 15.5. The van der Waals surface area contributed by atoms with E-state index < -0.39 is 0 Å². The van der Waals surface area contributed by atoms with Gasteiger partial charge in [-0.25, -0.2) is 0 Å². The van der Waals surface area contributed by atoms with E-state index in [2.05, 4.69) is 74.6 Å². The van der Waals surface area contributed by atoms with Crippen molar-refractivity contribution in [3.8, 4) is 0 Å². The molecule has 0 aliphatic carbocycles. The second-order valence-electron chi connectivity index (χ2n) is 8.36. The number of rotatable bonds is 5. The molecule has 1 N–H and O–H groups in total. The molecule has 0 aromatic heterocycles. The van der Waals surface area contributed by atoms with Gasteiger partial charge in [-0.1, -0.05) is 0 Å². The quantitative estimate of drug-likeness (QED) is 0.827. The van der Waals surface area contributed by atoms with Crippen LogP contribution >= 0.6 is 0 Å². The highest BCUT2D eigenvalue weighted by molar-refractivity contribution is 4.84. The molecule has 0 bridgehead atoms. The van der Waals surface area contributed by atoms with Crippen LogP contribution in [-0.2, 0) is 9.47 Å². The molecule has 0 saturated carbocycles. The summed E-state index contributed by atoms with van der Waals surface area (Å²) in [6, 6.07) is 0.179. The maximum absolute atomic E-state index is 6.07. The number of hydrogen-bond acceptors (Lipinski definition) is 3. The van der Waals surface area contributed by atoms with Crippen LogP contribution in [0.1, 0.15) is 69.2 Å². The van der Waals surface area contributed by atoms with Crippen molar-refractivity contribution in [2.45, 2.75) is 98.1 Å². The van der Waals surface area contributed by atoms with Crippen LogP contribution in [0.3, 0.4) is 0 Å². The summed E-state index contributed by atoms with van der Waals surface area (Å²) in [4.78, 5) is 0. The first-order valence-electron chi connectivity index (χ1n) is 7.29. The molecule has 0 spiro atoms. The molecule has 0 aliphatic heterocycles. The van der Waals surface area contributed by atoms with Gasteiger partial charge in [0.05, 0.1) is 30.0 Å². The van der Waals surface area contributed by atoms with Crippen LogP contribution in [0.15, 0.2) is 0 Å². The van der Waals surface area contributed by atoms with E-state index in [1.165, 1.54) is 0 Å². The Morgan fingerprint density at radius 2 is 1.32 bits per heavy atom. The Hall–Kier alpha value is -0.120. The van der Waals surface area contributed by atoms with Gasteiger partial charge in [-0.05, 0) is 69.2 Å². The van der Waals surface area contributed by atoms with Gasteiger partial charge < -0.3 is 14.8 Å². The largest absolute Gasteiger partial charge is 0.374 e. The van der Waals surface area contributed by atoms with Gasteiger partial charge in [0.2, 0.25) is 0 Å². The highest BCUT2D eigenvalue weighted by Crippen LogP contribution is 2.17. The Balaban J connectivity index is 4.66. The van der Waals surface area contributed by atoms with Crippen molar-refractivity contribution >= 4 is 0 Å². The molecule has 19 heavy (non-hydrogen) atoms. The third-order valence-electron chi connectivity index (χ3n) is 2.42. The summed E-state index contributed by atoms with van der Waals surface area (Å²) in [7, 11) is 0. The molecule has 0 saturated heterocycles. The molecule has 2 atom stereocenters. The van der Waals surface area contributed by atoms with Crippen molar-refractivity contribution in [3.05, 3.63) is 0 Å². The van der Waals surface area contributed by atoms with Gasteiger partial charge in [0.15, 0.2) is 0 Å². The third kappa shape index (κ3) is 11.4. The van der Waals surface area contributed by atoms with Crippen LogP contribution in [-0.4, -0.2) is 35.5 Å². The summed E-state index contributed by atoms with van der Waals surface area (Å²) in [5, 5.41) is 3.60. The van der Waals surface area contributed by atoms with Crippen molar-refractivity contribution in [1.82, 2.24) is 5.32 Å². The lowest BCUT2D eigenvalue weighted by Crippen LogP contribution is -2.53. The third-order valence-corrected chi connectivity index (χ3v) is 2.42. The fourth-order valence-electron chi connectivity index (χ4n) is 1.83. The molecule has 0 amide bonds.